The summed E-state index contributed by atoms with van der Waals surface area (Å²) in [7, 11) is 1.65. The van der Waals surface area contributed by atoms with Crippen LogP contribution in [0.2, 0.25) is 0 Å². The fourth-order valence-electron chi connectivity index (χ4n) is 4.14. The Morgan fingerprint density at radius 3 is 2.70 bits per heavy atom. The second-order valence-electron chi connectivity index (χ2n) is 9.54. The van der Waals surface area contributed by atoms with Gasteiger partial charge in [0.05, 0.1) is 17.8 Å². The number of carbonyl (C=O) groups excluding carboxylic acids is 3. The van der Waals surface area contributed by atoms with Crippen LogP contribution in [0.25, 0.3) is 10.9 Å². The van der Waals surface area contributed by atoms with Gasteiger partial charge in [0.2, 0.25) is 0 Å². The van der Waals surface area contributed by atoms with E-state index in [4.69, 9.17) is 9.47 Å². The predicted molar refractivity (Wildman–Crippen MR) is 122 cm³/mol. The molecule has 0 unspecified atom stereocenters. The van der Waals surface area contributed by atoms with Gasteiger partial charge < -0.3 is 19.7 Å². The van der Waals surface area contributed by atoms with Crippen molar-refractivity contribution in [2.75, 3.05) is 25.1 Å². The van der Waals surface area contributed by atoms with Gasteiger partial charge in [-0.15, -0.1) is 0 Å². The molecule has 3 heterocycles. The van der Waals surface area contributed by atoms with Gasteiger partial charge in [0.1, 0.15) is 11.6 Å². The molecular weight excluding hydrogens is 426 g/mol. The summed E-state index contributed by atoms with van der Waals surface area (Å²) in [6, 6.07) is 4.20. The highest BCUT2D eigenvalue weighted by atomic mass is 16.6. The zero-order valence-electron chi connectivity index (χ0n) is 19.8. The molecule has 2 saturated heterocycles. The Morgan fingerprint density at radius 1 is 1.27 bits per heavy atom. The zero-order chi connectivity index (χ0) is 23.9. The Kier molecular flexibility index (Phi) is 6.04. The molecule has 2 aliphatic rings. The fraction of sp³-hybridized carbons (Fsp3) is 0.565. The second kappa shape index (κ2) is 8.66. The largest absolute Gasteiger partial charge is 0.443 e. The number of carbonyl (C=O) groups is 3. The lowest BCUT2D eigenvalue weighted by Crippen LogP contribution is -2.44. The number of amides is 4. The van der Waals surface area contributed by atoms with Crippen molar-refractivity contribution >= 4 is 34.6 Å². The minimum Gasteiger partial charge on any atom is -0.443 e. The number of hydrogen-bond acceptors (Lipinski definition) is 6. The van der Waals surface area contributed by atoms with Crippen LogP contribution in [-0.2, 0) is 14.3 Å². The monoisotopic (exact) mass is 457 g/mol. The highest BCUT2D eigenvalue weighted by molar-refractivity contribution is 6.04. The molecule has 4 amide bonds. The lowest BCUT2D eigenvalue weighted by Gasteiger charge is -2.24. The first-order chi connectivity index (χ1) is 15.5. The Hall–Kier alpha value is -3.14. The zero-order valence-corrected chi connectivity index (χ0v) is 19.8. The van der Waals surface area contributed by atoms with Gasteiger partial charge in [-0.1, -0.05) is 0 Å². The van der Waals surface area contributed by atoms with Gasteiger partial charge in [-0.2, -0.15) is 5.10 Å². The Bertz CT molecular complexity index is 1080. The third-order valence-electron chi connectivity index (χ3n) is 5.84. The van der Waals surface area contributed by atoms with Crippen LogP contribution < -0.4 is 10.2 Å². The first-order valence-corrected chi connectivity index (χ1v) is 11.2. The van der Waals surface area contributed by atoms with E-state index in [1.165, 1.54) is 4.90 Å². The van der Waals surface area contributed by atoms with E-state index in [2.05, 4.69) is 10.4 Å². The van der Waals surface area contributed by atoms with Crippen LogP contribution in [-0.4, -0.2) is 64.6 Å². The number of urea groups is 1. The maximum atomic E-state index is 13.2. The van der Waals surface area contributed by atoms with Crippen LogP contribution in [0.3, 0.4) is 0 Å². The highest BCUT2D eigenvalue weighted by Crippen LogP contribution is 2.30. The van der Waals surface area contributed by atoms with Crippen molar-refractivity contribution in [3.8, 4) is 0 Å². The van der Waals surface area contributed by atoms with E-state index in [1.807, 2.05) is 29.8 Å². The number of fused-ring (bicyclic) bond motifs is 1. The molecular formula is C23H31N5O5. The smallest absolute Gasteiger partial charge is 0.418 e. The topological polar surface area (TPSA) is 106 Å². The van der Waals surface area contributed by atoms with Crippen molar-refractivity contribution in [1.29, 1.82) is 0 Å². The first-order valence-electron chi connectivity index (χ1n) is 11.2. The molecule has 1 aromatic carbocycles. The van der Waals surface area contributed by atoms with Crippen molar-refractivity contribution in [3.05, 3.63) is 23.9 Å². The van der Waals surface area contributed by atoms with Crippen molar-refractivity contribution in [3.63, 3.8) is 0 Å². The molecule has 0 saturated carbocycles. The fourth-order valence-corrected chi connectivity index (χ4v) is 4.14. The summed E-state index contributed by atoms with van der Waals surface area (Å²) in [5.41, 5.74) is 1.71. The van der Waals surface area contributed by atoms with E-state index < -0.39 is 23.8 Å². The summed E-state index contributed by atoms with van der Waals surface area (Å²) >= 11 is 0. The van der Waals surface area contributed by atoms with Crippen LogP contribution in [0.1, 0.15) is 52.0 Å². The van der Waals surface area contributed by atoms with Gasteiger partial charge in [0.25, 0.3) is 5.91 Å². The molecule has 2 aliphatic heterocycles. The number of ether oxygens (including phenoxy) is 2. The summed E-state index contributed by atoms with van der Waals surface area (Å²) in [5, 5.41) is 8.26. The van der Waals surface area contributed by atoms with Gasteiger partial charge >= 0.3 is 12.1 Å². The Labute approximate surface area is 192 Å². The lowest BCUT2D eigenvalue weighted by atomic mass is 10.1. The van der Waals surface area contributed by atoms with E-state index in [0.29, 0.717) is 12.3 Å². The Morgan fingerprint density at radius 2 is 2.03 bits per heavy atom. The van der Waals surface area contributed by atoms with Crippen LogP contribution in [0.15, 0.2) is 18.2 Å². The maximum Gasteiger partial charge on any atom is 0.418 e. The summed E-state index contributed by atoms with van der Waals surface area (Å²) in [4.78, 5) is 40.2. The number of nitrogens with one attached hydrogen (secondary N) is 1. The molecule has 0 spiro atoms. The molecule has 10 nitrogen and oxygen atoms in total. The molecule has 2 aromatic rings. The minimum atomic E-state index is -0.862. The van der Waals surface area contributed by atoms with Crippen LogP contribution in [0.5, 0.6) is 0 Å². The normalized spacial score (nSPS) is 21.2. The number of imide groups is 1. The van der Waals surface area contributed by atoms with Crippen molar-refractivity contribution < 1.29 is 23.9 Å². The number of benzene rings is 1. The van der Waals surface area contributed by atoms with E-state index in [0.717, 1.165) is 40.8 Å². The molecule has 33 heavy (non-hydrogen) atoms. The molecule has 2 atom stereocenters. The van der Waals surface area contributed by atoms with E-state index in [-0.39, 0.29) is 18.7 Å². The molecule has 2 fully saturated rings. The van der Waals surface area contributed by atoms with Gasteiger partial charge in [0, 0.05) is 24.7 Å². The third kappa shape index (κ3) is 4.66. The number of aryl methyl sites for hydroxylation is 1. The van der Waals surface area contributed by atoms with Crippen LogP contribution in [0.4, 0.5) is 15.3 Å². The summed E-state index contributed by atoms with van der Waals surface area (Å²) in [6.45, 7) is 7.73. The van der Waals surface area contributed by atoms with Crippen LogP contribution >= 0.6 is 0 Å². The van der Waals surface area contributed by atoms with Gasteiger partial charge in [-0.3, -0.25) is 4.79 Å². The molecule has 178 valence electrons. The second-order valence-corrected chi connectivity index (χ2v) is 9.54. The number of hydrogen-bond donors (Lipinski definition) is 1. The number of aromatic nitrogens is 2. The molecule has 0 radical (unpaired) electrons. The van der Waals surface area contributed by atoms with Gasteiger partial charge in [-0.25, -0.2) is 19.2 Å². The minimum absolute atomic E-state index is 0.0912. The molecule has 4 rings (SSSR count). The molecule has 0 bridgehead atoms. The SMILES string of the molecule is Cc1nn([C@@H]2CCCCO2)c2cc(N(C)C(=O)[C@@H]3CN(C(=O)OC(C)(C)C)C(=O)N3)ccc12. The predicted octanol–water partition coefficient (Wildman–Crippen LogP) is 3.34. The molecule has 1 aromatic heterocycles. The maximum absolute atomic E-state index is 13.2. The van der Waals surface area contributed by atoms with Gasteiger partial charge in [-0.05, 0) is 65.2 Å². The standard InChI is InChI=1S/C23H31N5O5/c1-14-16-10-9-15(12-18(16)28(25-14)19-8-6-7-11-32-19)26(5)20(29)17-13-27(21(30)24-17)22(31)33-23(2,3)4/h9-10,12,17,19H,6-8,11,13H2,1-5H3,(H,24,30)/t17-,19-/m0/s1. The highest BCUT2D eigenvalue weighted by Gasteiger charge is 2.40. The summed E-state index contributed by atoms with van der Waals surface area (Å²) in [5.74, 6) is -0.328. The number of rotatable bonds is 3. The van der Waals surface area contributed by atoms with Crippen LogP contribution in [0, 0.1) is 6.92 Å². The average molecular weight is 458 g/mol. The van der Waals surface area contributed by atoms with Crippen molar-refractivity contribution in [1.82, 2.24) is 20.0 Å². The third-order valence-corrected chi connectivity index (χ3v) is 5.84. The van der Waals surface area contributed by atoms with Crippen molar-refractivity contribution in [2.45, 2.75) is 64.8 Å². The van der Waals surface area contributed by atoms with Crippen molar-refractivity contribution in [2.24, 2.45) is 0 Å². The first kappa shape index (κ1) is 23.0. The molecule has 10 heteroatoms. The van der Waals surface area contributed by atoms with E-state index in [9.17, 15) is 14.4 Å². The molecule has 0 aliphatic carbocycles. The van der Waals surface area contributed by atoms with E-state index in [1.54, 1.807) is 27.8 Å². The van der Waals surface area contributed by atoms with E-state index >= 15 is 0 Å². The Balaban J connectivity index is 1.53. The lowest BCUT2D eigenvalue weighted by molar-refractivity contribution is -0.119. The summed E-state index contributed by atoms with van der Waals surface area (Å²) < 4.78 is 13.1. The molecule has 1 N–H and O–H groups in total. The quantitative estimate of drug-likeness (QED) is 0.758. The summed E-state index contributed by atoms with van der Waals surface area (Å²) in [6.07, 6.45) is 2.13. The number of nitrogens with zero attached hydrogens (tertiary/aromatic N) is 4. The van der Waals surface area contributed by atoms with Gasteiger partial charge in [0.15, 0.2) is 6.23 Å². The number of likely N-dealkylation sites (N-methyl/N-ethyl adjacent to an activating group) is 1. The number of anilines is 1. The average Bonchev–Trinajstić information content (AvgIpc) is 3.32.